The number of carbonyl (C=O) groups is 1. The lowest BCUT2D eigenvalue weighted by atomic mass is 10.1. The molecule has 158 valence electrons. The summed E-state index contributed by atoms with van der Waals surface area (Å²) < 4.78 is 17.3. The molecule has 0 aliphatic carbocycles. The Morgan fingerprint density at radius 2 is 1.77 bits per heavy atom. The Bertz CT molecular complexity index is 1240. The molecule has 1 amide bonds. The first-order valence-corrected chi connectivity index (χ1v) is 11.2. The summed E-state index contributed by atoms with van der Waals surface area (Å²) in [5.41, 5.74) is -0.165. The largest absolute Gasteiger partial charge is 0.445 e. The highest BCUT2D eigenvalue weighted by Crippen LogP contribution is 2.36. The van der Waals surface area contributed by atoms with Gasteiger partial charge in [0.1, 0.15) is 12.9 Å². The Balaban J connectivity index is 1.92. The summed E-state index contributed by atoms with van der Waals surface area (Å²) in [5, 5.41) is 0. The molecule has 2 aromatic carbocycles. The Morgan fingerprint density at radius 3 is 2.43 bits per heavy atom. The zero-order chi connectivity index (χ0) is 21.9. The van der Waals surface area contributed by atoms with E-state index in [1.807, 2.05) is 0 Å². The minimum absolute atomic E-state index is 0.0826. The van der Waals surface area contributed by atoms with Gasteiger partial charge in [0.15, 0.2) is 0 Å². The number of fused-ring (bicyclic) bond motifs is 1. The van der Waals surface area contributed by atoms with Gasteiger partial charge in [0.05, 0.1) is 17.6 Å². The van der Waals surface area contributed by atoms with Crippen molar-refractivity contribution in [3.63, 3.8) is 0 Å². The van der Waals surface area contributed by atoms with Gasteiger partial charge in [-0.15, -0.1) is 0 Å². The third-order valence-corrected chi connectivity index (χ3v) is 5.22. The van der Waals surface area contributed by atoms with Gasteiger partial charge in [-0.2, -0.15) is 0 Å². The Kier molecular flexibility index (Phi) is 6.57. The summed E-state index contributed by atoms with van der Waals surface area (Å²) in [5.74, 6) is 0. The van der Waals surface area contributed by atoms with Crippen molar-refractivity contribution in [1.29, 1.82) is 0 Å². The number of nitrogens with one attached hydrogen (secondary N) is 2. The maximum absolute atomic E-state index is 12.6. The molecule has 0 aliphatic rings. The molecule has 0 fully saturated rings. The van der Waals surface area contributed by atoms with Gasteiger partial charge in [-0.25, -0.2) is 4.79 Å². The van der Waals surface area contributed by atoms with Crippen molar-refractivity contribution in [2.75, 3.05) is 6.29 Å². The SMILES string of the molecule is O=C(OCc1ccccc1)N(Cc1cc(Br)cc2[nH]c(=O)c(=O)[nH]c12)CP(=O)(O)O. The van der Waals surface area contributed by atoms with Gasteiger partial charge in [0.25, 0.3) is 0 Å². The number of amides is 1. The summed E-state index contributed by atoms with van der Waals surface area (Å²) >= 11 is 3.27. The van der Waals surface area contributed by atoms with E-state index >= 15 is 0 Å². The van der Waals surface area contributed by atoms with Gasteiger partial charge >= 0.3 is 24.8 Å². The molecule has 3 aromatic rings. The molecule has 0 unspecified atom stereocenters. The van der Waals surface area contributed by atoms with E-state index in [9.17, 15) is 28.7 Å². The molecule has 1 aromatic heterocycles. The first kappa shape index (κ1) is 22.0. The van der Waals surface area contributed by atoms with Crippen molar-refractivity contribution in [2.45, 2.75) is 13.2 Å². The van der Waals surface area contributed by atoms with Crippen LogP contribution in [0.5, 0.6) is 0 Å². The summed E-state index contributed by atoms with van der Waals surface area (Å²) in [6, 6.07) is 11.9. The first-order valence-electron chi connectivity index (χ1n) is 8.57. The number of aromatic nitrogens is 2. The Hall–Kier alpha value is -2.72. The van der Waals surface area contributed by atoms with Crippen LogP contribution in [0.1, 0.15) is 11.1 Å². The third kappa shape index (κ3) is 5.67. The van der Waals surface area contributed by atoms with Gasteiger partial charge in [0.2, 0.25) is 0 Å². The molecule has 0 saturated carbocycles. The van der Waals surface area contributed by atoms with E-state index in [-0.39, 0.29) is 24.2 Å². The molecule has 0 bridgehead atoms. The minimum Gasteiger partial charge on any atom is -0.445 e. The van der Waals surface area contributed by atoms with Crippen LogP contribution in [-0.2, 0) is 22.5 Å². The highest BCUT2D eigenvalue weighted by molar-refractivity contribution is 9.10. The highest BCUT2D eigenvalue weighted by atomic mass is 79.9. The number of aromatic amines is 2. The Labute approximate surface area is 177 Å². The number of ether oxygens (including phenoxy) is 1. The predicted molar refractivity (Wildman–Crippen MR) is 112 cm³/mol. The third-order valence-electron chi connectivity index (χ3n) is 4.06. The summed E-state index contributed by atoms with van der Waals surface area (Å²) in [6.07, 6.45) is -1.83. The van der Waals surface area contributed by atoms with E-state index in [4.69, 9.17) is 4.74 Å². The van der Waals surface area contributed by atoms with E-state index in [1.165, 1.54) is 0 Å². The van der Waals surface area contributed by atoms with Gasteiger partial charge in [-0.3, -0.25) is 19.1 Å². The fourth-order valence-electron chi connectivity index (χ4n) is 2.79. The molecule has 10 nitrogen and oxygen atoms in total. The topological polar surface area (TPSA) is 153 Å². The van der Waals surface area contributed by atoms with Gasteiger partial charge in [-0.05, 0) is 23.3 Å². The van der Waals surface area contributed by atoms with Crippen LogP contribution in [0.4, 0.5) is 4.79 Å². The normalized spacial score (nSPS) is 11.4. The number of hydrogen-bond acceptors (Lipinski definition) is 5. The molecule has 0 atom stereocenters. The van der Waals surface area contributed by atoms with Crippen LogP contribution in [-0.4, -0.2) is 37.0 Å². The lowest BCUT2D eigenvalue weighted by molar-refractivity contribution is 0.0976. The van der Waals surface area contributed by atoms with Gasteiger partial charge < -0.3 is 24.5 Å². The number of H-pyrrole nitrogens is 2. The summed E-state index contributed by atoms with van der Waals surface area (Å²) in [7, 11) is -4.61. The van der Waals surface area contributed by atoms with E-state index in [0.717, 1.165) is 4.90 Å². The second kappa shape index (κ2) is 8.97. The van der Waals surface area contributed by atoms with E-state index in [1.54, 1.807) is 42.5 Å². The average Bonchev–Trinajstić information content (AvgIpc) is 2.67. The molecule has 0 saturated heterocycles. The van der Waals surface area contributed by atoms with Crippen LogP contribution >= 0.6 is 23.5 Å². The highest BCUT2D eigenvalue weighted by Gasteiger charge is 2.26. The lowest BCUT2D eigenvalue weighted by Crippen LogP contribution is -2.33. The molecule has 30 heavy (non-hydrogen) atoms. The number of nitrogens with zero attached hydrogens (tertiary/aromatic N) is 1. The maximum Gasteiger partial charge on any atom is 0.410 e. The molecule has 0 spiro atoms. The second-order valence-corrected chi connectivity index (χ2v) is 8.97. The number of rotatable bonds is 6. The molecule has 1 heterocycles. The number of halogens is 1. The van der Waals surface area contributed by atoms with E-state index < -0.39 is 31.1 Å². The molecule has 0 radical (unpaired) electrons. The zero-order valence-electron chi connectivity index (χ0n) is 15.4. The first-order chi connectivity index (χ1) is 14.1. The van der Waals surface area contributed by atoms with E-state index in [2.05, 4.69) is 25.9 Å². The summed E-state index contributed by atoms with van der Waals surface area (Å²) in [4.78, 5) is 60.4. The van der Waals surface area contributed by atoms with E-state index in [0.29, 0.717) is 15.6 Å². The fraction of sp³-hybridized carbons (Fsp3) is 0.167. The van der Waals surface area contributed by atoms with Crippen molar-refractivity contribution in [1.82, 2.24) is 14.9 Å². The Morgan fingerprint density at radius 1 is 1.10 bits per heavy atom. The fourth-order valence-corrected chi connectivity index (χ4v) is 3.96. The number of hydrogen-bond donors (Lipinski definition) is 4. The van der Waals surface area contributed by atoms with Crippen LogP contribution in [0.2, 0.25) is 0 Å². The average molecular weight is 498 g/mol. The van der Waals surface area contributed by atoms with Crippen LogP contribution in [0, 0.1) is 0 Å². The molecule has 12 heteroatoms. The maximum atomic E-state index is 12.6. The number of carbonyl (C=O) groups excluding carboxylic acids is 1. The molecular formula is C18H17BrN3O7P. The standard InChI is InChI=1S/C18H17BrN3O7P/c19-13-6-12(15-14(7-13)20-16(23)17(24)21-15)8-22(10-30(26,27)28)18(25)29-9-11-4-2-1-3-5-11/h1-7H,8-10H2,(H,20,23)(H,21,24)(H2,26,27,28). The van der Waals surface area contributed by atoms with Crippen LogP contribution < -0.4 is 11.1 Å². The summed E-state index contributed by atoms with van der Waals surface area (Å²) in [6.45, 7) is -0.364. The smallest absolute Gasteiger partial charge is 0.410 e. The van der Waals surface area contributed by atoms with Crippen molar-refractivity contribution in [2.24, 2.45) is 0 Å². The van der Waals surface area contributed by atoms with Crippen LogP contribution in [0.3, 0.4) is 0 Å². The zero-order valence-corrected chi connectivity index (χ0v) is 17.9. The van der Waals surface area contributed by atoms with Gasteiger partial charge in [0, 0.05) is 4.47 Å². The molecular weight excluding hydrogens is 481 g/mol. The predicted octanol–water partition coefficient (Wildman–Crippen LogP) is 2.25. The molecule has 0 aliphatic heterocycles. The molecule has 4 N–H and O–H groups in total. The van der Waals surface area contributed by atoms with Crippen molar-refractivity contribution >= 4 is 40.7 Å². The number of benzene rings is 2. The monoisotopic (exact) mass is 497 g/mol. The van der Waals surface area contributed by atoms with Crippen molar-refractivity contribution in [3.8, 4) is 0 Å². The van der Waals surface area contributed by atoms with Gasteiger partial charge in [-0.1, -0.05) is 46.3 Å². The molecule has 3 rings (SSSR count). The minimum atomic E-state index is -4.61. The van der Waals surface area contributed by atoms with Crippen LogP contribution in [0.25, 0.3) is 11.0 Å². The van der Waals surface area contributed by atoms with Crippen molar-refractivity contribution in [3.05, 3.63) is 78.8 Å². The second-order valence-electron chi connectivity index (χ2n) is 6.44. The lowest BCUT2D eigenvalue weighted by Gasteiger charge is -2.23. The quantitative estimate of drug-likeness (QED) is 0.301. The van der Waals surface area contributed by atoms with Crippen molar-refractivity contribution < 1.29 is 23.9 Å². The van der Waals surface area contributed by atoms with Crippen LogP contribution in [0.15, 0.2) is 56.5 Å².